The van der Waals surface area contributed by atoms with E-state index < -0.39 is 0 Å². The lowest BCUT2D eigenvalue weighted by atomic mass is 9.79. The molecule has 0 spiro atoms. The second kappa shape index (κ2) is 9.59. The highest BCUT2D eigenvalue weighted by Crippen LogP contribution is 2.33. The van der Waals surface area contributed by atoms with Gasteiger partial charge in [-0.3, -0.25) is 9.59 Å². The van der Waals surface area contributed by atoms with Gasteiger partial charge in [0, 0.05) is 38.0 Å². The molecule has 0 N–H and O–H groups in total. The van der Waals surface area contributed by atoms with E-state index in [4.69, 9.17) is 0 Å². The minimum Gasteiger partial charge on any atom is -0.343 e. The fraction of sp³-hybridized carbons (Fsp3) is 0.905. The fourth-order valence-electron chi connectivity index (χ4n) is 4.34. The average molecular weight is 351 g/mol. The van der Waals surface area contributed by atoms with Gasteiger partial charge in [0.05, 0.1) is 0 Å². The van der Waals surface area contributed by atoms with Crippen LogP contribution in [-0.2, 0) is 9.59 Å². The lowest BCUT2D eigenvalue weighted by Gasteiger charge is -2.37. The van der Waals surface area contributed by atoms with Gasteiger partial charge in [-0.05, 0) is 58.3 Å². The zero-order valence-electron chi connectivity index (χ0n) is 16.8. The first kappa shape index (κ1) is 20.3. The van der Waals surface area contributed by atoms with Gasteiger partial charge in [-0.2, -0.15) is 0 Å². The topological polar surface area (TPSA) is 40.6 Å². The summed E-state index contributed by atoms with van der Waals surface area (Å²) in [7, 11) is 1.89. The summed E-state index contributed by atoms with van der Waals surface area (Å²) in [4.78, 5) is 29.2. The van der Waals surface area contributed by atoms with Crippen molar-refractivity contribution in [2.24, 2.45) is 17.8 Å². The predicted molar refractivity (Wildman–Crippen MR) is 102 cm³/mol. The Labute approximate surface area is 154 Å². The summed E-state index contributed by atoms with van der Waals surface area (Å²) in [5.41, 5.74) is 0. The minimum atomic E-state index is 0.0984. The van der Waals surface area contributed by atoms with Crippen LogP contribution in [0.1, 0.15) is 78.6 Å². The Morgan fingerprint density at radius 3 is 2.12 bits per heavy atom. The van der Waals surface area contributed by atoms with Crippen molar-refractivity contribution in [3.63, 3.8) is 0 Å². The molecular formula is C21H38N2O2. The summed E-state index contributed by atoms with van der Waals surface area (Å²) in [5, 5.41) is 0. The molecule has 4 nitrogen and oxygen atoms in total. The molecule has 0 aromatic carbocycles. The number of hydrogen-bond donors (Lipinski definition) is 0. The molecule has 144 valence electrons. The number of hydrogen-bond acceptors (Lipinski definition) is 2. The summed E-state index contributed by atoms with van der Waals surface area (Å²) >= 11 is 0. The van der Waals surface area contributed by atoms with E-state index in [9.17, 15) is 9.59 Å². The smallest absolute Gasteiger partial charge is 0.225 e. The molecule has 0 atom stereocenters. The molecule has 4 heteroatoms. The molecule has 2 fully saturated rings. The Balaban J connectivity index is 1.75. The predicted octanol–water partition coefficient (Wildman–Crippen LogP) is 4.09. The first-order valence-electron chi connectivity index (χ1n) is 10.5. The Hall–Kier alpha value is -1.06. The van der Waals surface area contributed by atoms with Crippen molar-refractivity contribution in [3.05, 3.63) is 0 Å². The summed E-state index contributed by atoms with van der Waals surface area (Å²) in [5.74, 6) is 1.79. The number of likely N-dealkylation sites (tertiary alicyclic amines) is 1. The number of rotatable bonds is 6. The van der Waals surface area contributed by atoms with E-state index in [0.29, 0.717) is 5.91 Å². The third kappa shape index (κ3) is 5.46. The molecule has 0 unspecified atom stereocenters. The number of unbranched alkanes of at least 4 members (excludes halogenated alkanes) is 1. The van der Waals surface area contributed by atoms with Crippen LogP contribution in [0.2, 0.25) is 0 Å². The third-order valence-corrected chi connectivity index (χ3v) is 6.44. The third-order valence-electron chi connectivity index (χ3n) is 6.44. The molecule has 0 radical (unpaired) electrons. The average Bonchev–Trinajstić information content (AvgIpc) is 2.65. The van der Waals surface area contributed by atoms with Crippen molar-refractivity contribution in [1.29, 1.82) is 0 Å². The Morgan fingerprint density at radius 2 is 1.60 bits per heavy atom. The van der Waals surface area contributed by atoms with Crippen LogP contribution in [0.3, 0.4) is 0 Å². The van der Waals surface area contributed by atoms with E-state index in [0.717, 1.165) is 44.7 Å². The van der Waals surface area contributed by atoms with Crippen molar-refractivity contribution in [1.82, 2.24) is 9.80 Å². The molecule has 2 aliphatic rings. The summed E-state index contributed by atoms with van der Waals surface area (Å²) in [6.07, 6.45) is 10.2. The molecule has 0 aromatic heterocycles. The van der Waals surface area contributed by atoms with Crippen molar-refractivity contribution in [2.45, 2.75) is 84.6 Å². The van der Waals surface area contributed by atoms with E-state index in [1.54, 1.807) is 0 Å². The van der Waals surface area contributed by atoms with Gasteiger partial charge in [0.25, 0.3) is 0 Å². The lowest BCUT2D eigenvalue weighted by Crippen LogP contribution is -2.46. The highest BCUT2D eigenvalue weighted by molar-refractivity contribution is 5.81. The minimum absolute atomic E-state index is 0.0984. The van der Waals surface area contributed by atoms with Crippen LogP contribution in [0.15, 0.2) is 0 Å². The zero-order chi connectivity index (χ0) is 18.4. The van der Waals surface area contributed by atoms with Gasteiger partial charge in [0.2, 0.25) is 11.8 Å². The molecule has 2 amide bonds. The Bertz CT molecular complexity index is 433. The van der Waals surface area contributed by atoms with Crippen molar-refractivity contribution in [3.8, 4) is 0 Å². The second-order valence-corrected chi connectivity index (χ2v) is 8.50. The highest BCUT2D eigenvalue weighted by Gasteiger charge is 2.33. The molecule has 1 saturated heterocycles. The van der Waals surface area contributed by atoms with Crippen LogP contribution in [-0.4, -0.2) is 47.8 Å². The summed E-state index contributed by atoms with van der Waals surface area (Å²) in [6, 6.07) is 0.245. The van der Waals surface area contributed by atoms with Gasteiger partial charge < -0.3 is 9.80 Å². The van der Waals surface area contributed by atoms with Crippen LogP contribution >= 0.6 is 0 Å². The molecule has 1 aliphatic carbocycles. The number of amides is 2. The van der Waals surface area contributed by atoms with Gasteiger partial charge in [-0.1, -0.05) is 26.2 Å². The molecule has 1 aliphatic heterocycles. The zero-order valence-corrected chi connectivity index (χ0v) is 16.8. The monoisotopic (exact) mass is 350 g/mol. The first-order valence-corrected chi connectivity index (χ1v) is 10.5. The maximum Gasteiger partial charge on any atom is 0.225 e. The van der Waals surface area contributed by atoms with Crippen molar-refractivity contribution < 1.29 is 9.59 Å². The van der Waals surface area contributed by atoms with Gasteiger partial charge in [0.15, 0.2) is 0 Å². The normalized spacial score (nSPS) is 25.2. The van der Waals surface area contributed by atoms with Crippen LogP contribution in [0, 0.1) is 17.8 Å². The standard InChI is InChI=1S/C21H38N2O2/c1-5-6-7-17-8-10-18(11-9-17)21(25)23-14-12-19(13-15-23)20(24)22(4)16(2)3/h16-19H,5-15H2,1-4H3. The van der Waals surface area contributed by atoms with E-state index >= 15 is 0 Å². The molecular weight excluding hydrogens is 312 g/mol. The van der Waals surface area contributed by atoms with Gasteiger partial charge in [0.1, 0.15) is 0 Å². The fourth-order valence-corrected chi connectivity index (χ4v) is 4.34. The second-order valence-electron chi connectivity index (χ2n) is 8.50. The Morgan fingerprint density at radius 1 is 1.00 bits per heavy atom. The quantitative estimate of drug-likeness (QED) is 0.724. The maximum absolute atomic E-state index is 12.8. The number of carbonyl (C=O) groups is 2. The van der Waals surface area contributed by atoms with Gasteiger partial charge in [-0.15, -0.1) is 0 Å². The van der Waals surface area contributed by atoms with E-state index in [1.807, 2.05) is 30.7 Å². The van der Waals surface area contributed by atoms with Crippen LogP contribution < -0.4 is 0 Å². The number of nitrogens with zero attached hydrogens (tertiary/aromatic N) is 2. The van der Waals surface area contributed by atoms with Gasteiger partial charge >= 0.3 is 0 Å². The summed E-state index contributed by atoms with van der Waals surface area (Å²) < 4.78 is 0. The molecule has 2 rings (SSSR count). The van der Waals surface area contributed by atoms with Gasteiger partial charge in [-0.25, -0.2) is 0 Å². The highest BCUT2D eigenvalue weighted by atomic mass is 16.2. The lowest BCUT2D eigenvalue weighted by molar-refractivity contribution is -0.143. The van der Waals surface area contributed by atoms with Crippen LogP contribution in [0.4, 0.5) is 0 Å². The molecule has 1 heterocycles. The van der Waals surface area contributed by atoms with Crippen LogP contribution in [0.25, 0.3) is 0 Å². The largest absolute Gasteiger partial charge is 0.343 e. The molecule has 0 bridgehead atoms. The SMILES string of the molecule is CCCCC1CCC(C(=O)N2CCC(C(=O)N(C)C(C)C)CC2)CC1. The number of carbonyl (C=O) groups excluding carboxylic acids is 2. The number of piperidine rings is 1. The first-order chi connectivity index (χ1) is 11.9. The summed E-state index contributed by atoms with van der Waals surface area (Å²) in [6.45, 7) is 7.87. The van der Waals surface area contributed by atoms with E-state index in [-0.39, 0.29) is 23.8 Å². The molecule has 25 heavy (non-hydrogen) atoms. The van der Waals surface area contributed by atoms with E-state index in [1.165, 1.54) is 32.1 Å². The molecule has 0 aromatic rings. The Kier molecular flexibility index (Phi) is 7.77. The van der Waals surface area contributed by atoms with Crippen LogP contribution in [0.5, 0.6) is 0 Å². The van der Waals surface area contributed by atoms with Crippen molar-refractivity contribution >= 4 is 11.8 Å². The van der Waals surface area contributed by atoms with Crippen molar-refractivity contribution in [2.75, 3.05) is 20.1 Å². The van der Waals surface area contributed by atoms with E-state index in [2.05, 4.69) is 6.92 Å². The maximum atomic E-state index is 12.8. The molecule has 1 saturated carbocycles.